The van der Waals surface area contributed by atoms with Crippen molar-refractivity contribution in [3.8, 4) is 0 Å². The van der Waals surface area contributed by atoms with Gasteiger partial charge in [-0.3, -0.25) is 9.59 Å². The SMILES string of the molecule is O=C(c1cn2c3c(cccc3c1=O)CCC2)N1CCOCC1. The molecule has 4 rings (SSSR count). The van der Waals surface area contributed by atoms with E-state index in [1.54, 1.807) is 11.1 Å². The third-order valence-corrected chi connectivity index (χ3v) is 4.55. The summed E-state index contributed by atoms with van der Waals surface area (Å²) in [5, 5.41) is 0.663. The first-order chi connectivity index (χ1) is 10.8. The Morgan fingerprint density at radius 3 is 2.77 bits per heavy atom. The minimum atomic E-state index is -0.171. The van der Waals surface area contributed by atoms with Gasteiger partial charge in [-0.1, -0.05) is 12.1 Å². The number of nitrogens with zero attached hydrogens (tertiary/aromatic N) is 2. The van der Waals surface area contributed by atoms with Crippen LogP contribution in [0.3, 0.4) is 0 Å². The summed E-state index contributed by atoms with van der Waals surface area (Å²) in [5.41, 5.74) is 2.34. The second-order valence-corrected chi connectivity index (χ2v) is 5.89. The van der Waals surface area contributed by atoms with E-state index in [0.29, 0.717) is 31.7 Å². The van der Waals surface area contributed by atoms with Gasteiger partial charge in [0, 0.05) is 31.2 Å². The molecule has 0 atom stereocenters. The van der Waals surface area contributed by atoms with E-state index in [1.807, 2.05) is 12.1 Å². The third-order valence-electron chi connectivity index (χ3n) is 4.55. The van der Waals surface area contributed by atoms with Crippen molar-refractivity contribution in [2.45, 2.75) is 19.4 Å². The fraction of sp³-hybridized carbons (Fsp3) is 0.412. The van der Waals surface area contributed by atoms with Gasteiger partial charge in [-0.05, 0) is 24.5 Å². The van der Waals surface area contributed by atoms with Crippen LogP contribution >= 0.6 is 0 Å². The lowest BCUT2D eigenvalue weighted by molar-refractivity contribution is 0.0301. The van der Waals surface area contributed by atoms with Crippen LogP contribution < -0.4 is 5.43 Å². The Morgan fingerprint density at radius 1 is 1.14 bits per heavy atom. The first-order valence-electron chi connectivity index (χ1n) is 7.78. The largest absolute Gasteiger partial charge is 0.378 e. The standard InChI is InChI=1S/C17H18N2O3/c20-16-13-5-1-3-12-4-2-6-19(15(12)13)11-14(16)17(21)18-7-9-22-10-8-18/h1,3,5,11H,2,4,6-10H2. The number of ether oxygens (including phenoxy) is 1. The summed E-state index contributed by atoms with van der Waals surface area (Å²) >= 11 is 0. The molecule has 22 heavy (non-hydrogen) atoms. The van der Waals surface area contributed by atoms with Gasteiger partial charge in [-0.25, -0.2) is 0 Å². The monoisotopic (exact) mass is 298 g/mol. The fourth-order valence-electron chi connectivity index (χ4n) is 3.44. The number of carbonyl (C=O) groups excluding carboxylic acids is 1. The van der Waals surface area contributed by atoms with Crippen LogP contribution in [-0.4, -0.2) is 41.7 Å². The first kappa shape index (κ1) is 13.5. The van der Waals surface area contributed by atoms with Gasteiger partial charge in [0.25, 0.3) is 5.91 Å². The molecular weight excluding hydrogens is 280 g/mol. The molecular formula is C17H18N2O3. The number of aryl methyl sites for hydroxylation is 2. The Morgan fingerprint density at radius 2 is 1.95 bits per heavy atom. The normalized spacial score (nSPS) is 17.7. The molecule has 1 saturated heterocycles. The number of para-hydroxylation sites is 1. The van der Waals surface area contributed by atoms with Crippen molar-refractivity contribution < 1.29 is 9.53 Å². The van der Waals surface area contributed by atoms with E-state index in [9.17, 15) is 9.59 Å². The van der Waals surface area contributed by atoms with Crippen molar-refractivity contribution in [2.24, 2.45) is 0 Å². The Hall–Kier alpha value is -2.14. The van der Waals surface area contributed by atoms with Crippen molar-refractivity contribution in [1.82, 2.24) is 9.47 Å². The highest BCUT2D eigenvalue weighted by Gasteiger charge is 2.24. The van der Waals surface area contributed by atoms with Crippen LogP contribution in [0.1, 0.15) is 22.3 Å². The number of rotatable bonds is 1. The van der Waals surface area contributed by atoms with Gasteiger partial charge in [0.15, 0.2) is 0 Å². The van der Waals surface area contributed by atoms with E-state index in [0.717, 1.165) is 24.9 Å². The minimum Gasteiger partial charge on any atom is -0.378 e. The van der Waals surface area contributed by atoms with E-state index < -0.39 is 0 Å². The molecule has 5 nitrogen and oxygen atoms in total. The van der Waals surface area contributed by atoms with Crippen molar-refractivity contribution in [2.75, 3.05) is 26.3 Å². The second kappa shape index (κ2) is 5.25. The number of pyridine rings is 1. The van der Waals surface area contributed by atoms with Crippen molar-refractivity contribution in [3.05, 3.63) is 45.7 Å². The third kappa shape index (κ3) is 2.04. The van der Waals surface area contributed by atoms with E-state index >= 15 is 0 Å². The zero-order chi connectivity index (χ0) is 15.1. The van der Waals surface area contributed by atoms with E-state index in [-0.39, 0.29) is 16.9 Å². The zero-order valence-corrected chi connectivity index (χ0v) is 12.4. The van der Waals surface area contributed by atoms with Crippen molar-refractivity contribution in [3.63, 3.8) is 0 Å². The first-order valence-corrected chi connectivity index (χ1v) is 7.78. The highest BCUT2D eigenvalue weighted by Crippen LogP contribution is 2.23. The van der Waals surface area contributed by atoms with E-state index in [2.05, 4.69) is 10.6 Å². The molecule has 114 valence electrons. The Labute approximate surface area is 128 Å². The molecule has 1 amide bonds. The van der Waals surface area contributed by atoms with Crippen LogP contribution in [0.4, 0.5) is 0 Å². The number of hydrogen-bond donors (Lipinski definition) is 0. The molecule has 0 bridgehead atoms. The number of morpholine rings is 1. The van der Waals surface area contributed by atoms with E-state index in [4.69, 9.17) is 4.74 Å². The molecule has 3 heterocycles. The molecule has 0 saturated carbocycles. The van der Waals surface area contributed by atoms with Crippen molar-refractivity contribution >= 4 is 16.8 Å². The number of amides is 1. The average molecular weight is 298 g/mol. The molecule has 0 spiro atoms. The number of aromatic nitrogens is 1. The van der Waals surface area contributed by atoms with Crippen LogP contribution in [0.15, 0.2) is 29.2 Å². The van der Waals surface area contributed by atoms with Gasteiger partial charge >= 0.3 is 0 Å². The number of hydrogen-bond acceptors (Lipinski definition) is 3. The lowest BCUT2D eigenvalue weighted by atomic mass is 9.99. The maximum absolute atomic E-state index is 12.8. The summed E-state index contributed by atoms with van der Waals surface area (Å²) in [6, 6.07) is 5.82. The van der Waals surface area contributed by atoms with Gasteiger partial charge < -0.3 is 14.2 Å². The molecule has 2 aliphatic rings. The number of carbonyl (C=O) groups is 1. The van der Waals surface area contributed by atoms with Gasteiger partial charge in [-0.15, -0.1) is 0 Å². The summed E-state index contributed by atoms with van der Waals surface area (Å²) in [5.74, 6) is -0.171. The molecule has 0 N–H and O–H groups in total. The molecule has 2 aliphatic heterocycles. The molecule has 0 unspecified atom stereocenters. The maximum atomic E-state index is 12.8. The van der Waals surface area contributed by atoms with Crippen LogP contribution in [0.5, 0.6) is 0 Å². The van der Waals surface area contributed by atoms with Crippen LogP contribution in [0, 0.1) is 0 Å². The topological polar surface area (TPSA) is 51.5 Å². The van der Waals surface area contributed by atoms with Gasteiger partial charge in [0.05, 0.1) is 18.7 Å². The predicted molar refractivity (Wildman–Crippen MR) is 83.3 cm³/mol. The summed E-state index contributed by atoms with van der Waals surface area (Å²) in [7, 11) is 0. The quantitative estimate of drug-likeness (QED) is 0.800. The lowest BCUT2D eigenvalue weighted by Gasteiger charge is -2.27. The molecule has 1 fully saturated rings. The molecule has 1 aromatic carbocycles. The predicted octanol–water partition coefficient (Wildman–Crippen LogP) is 1.42. The van der Waals surface area contributed by atoms with Gasteiger partial charge in [-0.2, -0.15) is 0 Å². The fourth-order valence-corrected chi connectivity index (χ4v) is 3.44. The van der Waals surface area contributed by atoms with Gasteiger partial charge in [0.2, 0.25) is 5.43 Å². The summed E-state index contributed by atoms with van der Waals surface area (Å²) < 4.78 is 7.35. The molecule has 5 heteroatoms. The maximum Gasteiger partial charge on any atom is 0.259 e. The van der Waals surface area contributed by atoms with Crippen LogP contribution in [-0.2, 0) is 17.7 Å². The average Bonchev–Trinajstić information content (AvgIpc) is 2.58. The molecule has 0 aliphatic carbocycles. The van der Waals surface area contributed by atoms with Gasteiger partial charge in [0.1, 0.15) is 5.56 Å². The van der Waals surface area contributed by atoms with Crippen LogP contribution in [0.2, 0.25) is 0 Å². The minimum absolute atomic E-state index is 0.147. The number of benzene rings is 1. The van der Waals surface area contributed by atoms with Crippen LogP contribution in [0.25, 0.3) is 10.9 Å². The highest BCUT2D eigenvalue weighted by atomic mass is 16.5. The molecule has 1 aromatic heterocycles. The molecule has 0 radical (unpaired) electrons. The molecule has 2 aromatic rings. The summed E-state index contributed by atoms with van der Waals surface area (Å²) in [6.07, 6.45) is 3.79. The summed E-state index contributed by atoms with van der Waals surface area (Å²) in [4.78, 5) is 27.2. The second-order valence-electron chi connectivity index (χ2n) is 5.89. The lowest BCUT2D eigenvalue weighted by Crippen LogP contribution is -2.42. The Kier molecular flexibility index (Phi) is 3.22. The van der Waals surface area contributed by atoms with E-state index in [1.165, 1.54) is 5.56 Å². The zero-order valence-electron chi connectivity index (χ0n) is 12.4. The smallest absolute Gasteiger partial charge is 0.259 e. The summed E-state index contributed by atoms with van der Waals surface area (Å²) in [6.45, 7) is 3.04. The Balaban J connectivity index is 1.87. The highest BCUT2D eigenvalue weighted by molar-refractivity contribution is 5.98. The Bertz CT molecular complexity index is 803. The van der Waals surface area contributed by atoms with Crippen molar-refractivity contribution in [1.29, 1.82) is 0 Å².